The van der Waals surface area contributed by atoms with Gasteiger partial charge in [0.15, 0.2) is 0 Å². The molecule has 2 aromatic rings. The van der Waals surface area contributed by atoms with Gasteiger partial charge in [0.1, 0.15) is 0 Å². The molecule has 2 aromatic carbocycles. The molecule has 2 aliphatic rings. The molecule has 6 nitrogen and oxygen atoms in total. The van der Waals surface area contributed by atoms with Gasteiger partial charge < -0.3 is 9.80 Å². The first-order valence-corrected chi connectivity index (χ1v) is 13.4. The van der Waals surface area contributed by atoms with E-state index >= 15 is 0 Å². The summed E-state index contributed by atoms with van der Waals surface area (Å²) in [6, 6.07) is 19.3. The number of carbonyl (C=O) groups is 2. The van der Waals surface area contributed by atoms with E-state index in [1.54, 1.807) is 0 Å². The first-order chi connectivity index (χ1) is 19.2. The van der Waals surface area contributed by atoms with E-state index in [4.69, 9.17) is 0 Å². The summed E-state index contributed by atoms with van der Waals surface area (Å²) in [4.78, 5) is 30.4. The highest BCUT2D eigenvalue weighted by molar-refractivity contribution is 5.95. The van der Waals surface area contributed by atoms with Crippen LogP contribution in [0.25, 0.3) is 12.2 Å². The lowest BCUT2D eigenvalue weighted by Gasteiger charge is -2.39. The molecule has 0 radical (unpaired) electrons. The Balaban J connectivity index is 1.25. The third-order valence-corrected chi connectivity index (χ3v) is 7.20. The van der Waals surface area contributed by atoms with Crippen LogP contribution in [0.2, 0.25) is 0 Å². The molecule has 2 amide bonds. The fourth-order valence-corrected chi connectivity index (χ4v) is 4.74. The normalized spacial score (nSPS) is 18.1. The number of alkyl halides is 4. The van der Waals surface area contributed by atoms with E-state index in [-0.39, 0.29) is 52.4 Å². The van der Waals surface area contributed by atoms with E-state index in [1.165, 1.54) is 0 Å². The molecule has 4 rings (SSSR count). The second kappa shape index (κ2) is 13.2. The summed E-state index contributed by atoms with van der Waals surface area (Å²) in [5.74, 6) is -14.3. The number of nitrogens with zero attached hydrogens (tertiary/aromatic N) is 4. The van der Waals surface area contributed by atoms with E-state index in [1.807, 2.05) is 94.8 Å². The molecule has 40 heavy (non-hydrogen) atoms. The Hall–Kier alpha value is -3.50. The number of hydrogen-bond donors (Lipinski definition) is 0. The Bertz CT molecular complexity index is 1080. The summed E-state index contributed by atoms with van der Waals surface area (Å²) in [6.07, 6.45) is 7.71. The van der Waals surface area contributed by atoms with Crippen molar-refractivity contribution in [1.29, 1.82) is 0 Å². The maximum atomic E-state index is 14.8. The zero-order valence-electron chi connectivity index (χ0n) is 22.3. The fourth-order valence-electron chi connectivity index (χ4n) is 4.74. The second-order valence-electron chi connectivity index (χ2n) is 9.96. The van der Waals surface area contributed by atoms with Gasteiger partial charge in [-0.15, -0.1) is 0 Å². The first kappa shape index (κ1) is 29.5. The smallest absolute Gasteiger partial charge is 0.335 e. The summed E-state index contributed by atoms with van der Waals surface area (Å²) < 4.78 is 59.4. The topological polar surface area (TPSA) is 47.1 Å². The lowest BCUT2D eigenvalue weighted by molar-refractivity contribution is -0.224. The van der Waals surface area contributed by atoms with Gasteiger partial charge in [-0.3, -0.25) is 19.4 Å². The maximum Gasteiger partial charge on any atom is 0.395 e. The standard InChI is InChI=1S/C30H34F4N4O2/c31-29(32,27(39)37-21-17-35(18-22-37)15-7-13-25-9-3-1-4-10-25)30(33,34)28(40)38-23-19-36(20-24-38)16-8-14-26-11-5-2-6-12-26/h1-14H,15-24H2/b13-7+,14-8+. The molecule has 2 fully saturated rings. The van der Waals surface area contributed by atoms with Crippen molar-refractivity contribution < 1.29 is 27.2 Å². The van der Waals surface area contributed by atoms with Crippen LogP contribution >= 0.6 is 0 Å². The van der Waals surface area contributed by atoms with Crippen LogP contribution in [0.5, 0.6) is 0 Å². The average molecular weight is 559 g/mol. The van der Waals surface area contributed by atoms with E-state index in [2.05, 4.69) is 0 Å². The molecule has 0 spiro atoms. The highest BCUT2D eigenvalue weighted by Crippen LogP contribution is 2.38. The van der Waals surface area contributed by atoms with Crippen molar-refractivity contribution in [2.75, 3.05) is 65.4 Å². The predicted molar refractivity (Wildman–Crippen MR) is 147 cm³/mol. The van der Waals surface area contributed by atoms with E-state index < -0.39 is 23.7 Å². The van der Waals surface area contributed by atoms with E-state index in [0.29, 0.717) is 13.1 Å². The second-order valence-corrected chi connectivity index (χ2v) is 9.96. The summed E-state index contributed by atoms with van der Waals surface area (Å²) in [5, 5.41) is 0. The van der Waals surface area contributed by atoms with E-state index in [0.717, 1.165) is 20.9 Å². The quantitative estimate of drug-likeness (QED) is 0.437. The fraction of sp³-hybridized carbons (Fsp3) is 0.400. The van der Waals surface area contributed by atoms with Crippen molar-refractivity contribution >= 4 is 24.0 Å². The minimum atomic E-state index is -5.13. The van der Waals surface area contributed by atoms with Crippen molar-refractivity contribution in [2.45, 2.75) is 11.8 Å². The molecular weight excluding hydrogens is 524 g/mol. The molecule has 0 unspecified atom stereocenters. The molecule has 214 valence electrons. The molecule has 0 atom stereocenters. The van der Waals surface area contributed by atoms with Gasteiger partial charge in [0, 0.05) is 65.4 Å². The molecule has 10 heteroatoms. The minimum Gasteiger partial charge on any atom is -0.335 e. The van der Waals surface area contributed by atoms with Crippen LogP contribution in [-0.2, 0) is 9.59 Å². The van der Waals surface area contributed by atoms with Crippen LogP contribution in [0, 0.1) is 0 Å². The number of benzene rings is 2. The van der Waals surface area contributed by atoms with Gasteiger partial charge in [-0.05, 0) is 11.1 Å². The van der Waals surface area contributed by atoms with Gasteiger partial charge in [0.2, 0.25) is 0 Å². The average Bonchev–Trinajstić information content (AvgIpc) is 2.98. The van der Waals surface area contributed by atoms with Gasteiger partial charge in [-0.25, -0.2) is 0 Å². The van der Waals surface area contributed by atoms with Gasteiger partial charge in [0.05, 0.1) is 0 Å². The number of carbonyl (C=O) groups excluding carboxylic acids is 2. The summed E-state index contributed by atoms with van der Waals surface area (Å²) in [6.45, 7) is 1.66. The molecule has 0 saturated carbocycles. The van der Waals surface area contributed by atoms with Gasteiger partial charge in [-0.1, -0.05) is 85.0 Å². The van der Waals surface area contributed by atoms with Crippen molar-refractivity contribution in [3.8, 4) is 0 Å². The molecule has 0 bridgehead atoms. The zero-order chi connectivity index (χ0) is 28.6. The summed E-state index contributed by atoms with van der Waals surface area (Å²) >= 11 is 0. The highest BCUT2D eigenvalue weighted by atomic mass is 19.3. The third-order valence-electron chi connectivity index (χ3n) is 7.20. The molecule has 2 heterocycles. The van der Waals surface area contributed by atoms with Crippen LogP contribution in [-0.4, -0.2) is 109 Å². The van der Waals surface area contributed by atoms with Gasteiger partial charge >= 0.3 is 11.8 Å². The zero-order valence-corrected chi connectivity index (χ0v) is 22.3. The van der Waals surface area contributed by atoms with Crippen LogP contribution in [0.4, 0.5) is 17.6 Å². The molecule has 0 aromatic heterocycles. The van der Waals surface area contributed by atoms with Crippen molar-refractivity contribution in [2.24, 2.45) is 0 Å². The lowest BCUT2D eigenvalue weighted by atomic mass is 10.1. The molecular formula is C30H34F4N4O2. The maximum absolute atomic E-state index is 14.8. The lowest BCUT2D eigenvalue weighted by Crippen LogP contribution is -2.64. The number of amides is 2. The van der Waals surface area contributed by atoms with Gasteiger partial charge in [-0.2, -0.15) is 17.6 Å². The Morgan fingerprint density at radius 3 is 1.23 bits per heavy atom. The van der Waals surface area contributed by atoms with Crippen molar-refractivity contribution in [1.82, 2.24) is 19.6 Å². The largest absolute Gasteiger partial charge is 0.395 e. The summed E-state index contributed by atoms with van der Waals surface area (Å²) in [7, 11) is 0. The predicted octanol–water partition coefficient (Wildman–Crippen LogP) is 3.97. The van der Waals surface area contributed by atoms with Gasteiger partial charge in [0.25, 0.3) is 11.8 Å². The first-order valence-electron chi connectivity index (χ1n) is 13.4. The third kappa shape index (κ3) is 7.17. The monoisotopic (exact) mass is 558 g/mol. The van der Waals surface area contributed by atoms with Crippen LogP contribution < -0.4 is 0 Å². The Kier molecular flexibility index (Phi) is 9.76. The van der Waals surface area contributed by atoms with E-state index in [9.17, 15) is 27.2 Å². The van der Waals surface area contributed by atoms with Crippen LogP contribution in [0.15, 0.2) is 72.8 Å². The van der Waals surface area contributed by atoms with Crippen LogP contribution in [0.3, 0.4) is 0 Å². The van der Waals surface area contributed by atoms with Crippen molar-refractivity contribution in [3.63, 3.8) is 0 Å². The number of halogens is 4. The summed E-state index contributed by atoms with van der Waals surface area (Å²) in [5.41, 5.74) is 2.04. The van der Waals surface area contributed by atoms with Crippen LogP contribution in [0.1, 0.15) is 11.1 Å². The highest BCUT2D eigenvalue weighted by Gasteiger charge is 2.68. The SMILES string of the molecule is O=C(N1CCN(C/C=C/c2ccccc2)CC1)C(F)(F)C(F)(F)C(=O)N1CCN(C/C=C/c2ccccc2)CC1. The number of piperazine rings is 2. The number of hydrogen-bond acceptors (Lipinski definition) is 4. The minimum absolute atomic E-state index is 0.118. The molecule has 0 aliphatic carbocycles. The number of rotatable bonds is 9. The van der Waals surface area contributed by atoms with Crippen molar-refractivity contribution in [3.05, 3.63) is 83.9 Å². The Labute approximate surface area is 232 Å². The molecule has 2 saturated heterocycles. The molecule has 2 aliphatic heterocycles. The molecule has 0 N–H and O–H groups in total. The Morgan fingerprint density at radius 1 is 0.575 bits per heavy atom. The Morgan fingerprint density at radius 2 is 0.900 bits per heavy atom.